The predicted molar refractivity (Wildman–Crippen MR) is 477 cm³/mol. The molecule has 2 heterocycles. The number of hydrogen-bond donors (Lipinski definition) is 9. The summed E-state index contributed by atoms with van der Waals surface area (Å²) in [6.45, 7) is 8.07. The maximum absolute atomic E-state index is 13.9. The molecule has 0 radical (unpaired) electrons. The number of rotatable bonds is 86. The largest absolute Gasteiger partial charge is 0.469 e. The van der Waals surface area contributed by atoms with Crippen LogP contribution in [0.5, 0.6) is 0 Å². The van der Waals surface area contributed by atoms with Crippen LogP contribution < -0.4 is 0 Å². The Hall–Kier alpha value is -0.860. The molecule has 0 bridgehead atoms. The number of ether oxygens (including phenoxy) is 5. The Kier molecular flexibility index (Phi) is 70.1. The van der Waals surface area contributed by atoms with Gasteiger partial charge in [0.15, 0.2) is 12.6 Å². The zero-order valence-electron chi connectivity index (χ0n) is 76.1. The Bertz CT molecular complexity index is 2200. The number of unbranched alkanes of at least 4 members (excludes halogenated alkanes) is 62. The fourth-order valence-electron chi connectivity index (χ4n) is 18.7. The first-order valence-corrected chi connectivity index (χ1v) is 52.1. The van der Waals surface area contributed by atoms with Gasteiger partial charge in [0.2, 0.25) is 0 Å². The fourth-order valence-corrected chi connectivity index (χ4v) is 19.1. The van der Waals surface area contributed by atoms with Crippen molar-refractivity contribution >= 4 is 13.8 Å². The fraction of sp³-hybridized carbons (Fsp3) is 0.990. The summed E-state index contributed by atoms with van der Waals surface area (Å²) in [4.78, 5) is 32.3. The van der Waals surface area contributed by atoms with Crippen molar-refractivity contribution in [1.82, 2.24) is 0 Å². The quantitative estimate of drug-likeness (QED) is 0.0156. The van der Waals surface area contributed by atoms with Crippen LogP contribution in [0.25, 0.3) is 0 Å². The first kappa shape index (κ1) is 109. The van der Waals surface area contributed by atoms with Gasteiger partial charge in [0.1, 0.15) is 55.4 Å². The van der Waals surface area contributed by atoms with E-state index in [-0.39, 0.29) is 0 Å². The van der Waals surface area contributed by atoms with Gasteiger partial charge in [0.25, 0.3) is 0 Å². The van der Waals surface area contributed by atoms with E-state index >= 15 is 0 Å². The van der Waals surface area contributed by atoms with Crippen LogP contribution in [0.15, 0.2) is 0 Å². The molecular formula is C98H191O17P. The molecule has 2 aliphatic heterocycles. The number of hydrogen-bond acceptors (Lipinski definition) is 15. The van der Waals surface area contributed by atoms with Gasteiger partial charge in [-0.15, -0.1) is 0 Å². The zero-order valence-corrected chi connectivity index (χ0v) is 77.0. The summed E-state index contributed by atoms with van der Waals surface area (Å²) >= 11 is 0. The lowest BCUT2D eigenvalue weighted by molar-refractivity contribution is -0.376. The predicted octanol–water partition coefficient (Wildman–Crippen LogP) is 25.3. The van der Waals surface area contributed by atoms with Crippen molar-refractivity contribution in [3.05, 3.63) is 0 Å². The monoisotopic (exact) mass is 1670 g/mol. The normalized spacial score (nSPS) is 23.1. The van der Waals surface area contributed by atoms with Crippen molar-refractivity contribution in [1.29, 1.82) is 0 Å². The van der Waals surface area contributed by atoms with E-state index in [9.17, 15) is 54.9 Å². The Morgan fingerprint density at radius 3 is 0.974 bits per heavy atom. The smallest absolute Gasteiger partial charge is 0.463 e. The summed E-state index contributed by atoms with van der Waals surface area (Å²) in [6, 6.07) is 0. The van der Waals surface area contributed by atoms with Crippen molar-refractivity contribution in [3.63, 3.8) is 0 Å². The number of aliphatic hydroxyl groups excluding tert-OH is 7. The molecule has 2 saturated heterocycles. The molecule has 116 heavy (non-hydrogen) atoms. The molecule has 0 aromatic heterocycles. The van der Waals surface area contributed by atoms with Crippen molar-refractivity contribution in [2.45, 2.75) is 570 Å². The zero-order chi connectivity index (χ0) is 84.2. The Morgan fingerprint density at radius 1 is 0.362 bits per heavy atom. The van der Waals surface area contributed by atoms with Gasteiger partial charge in [0, 0.05) is 7.11 Å². The maximum Gasteiger partial charge on any atom is 0.469 e. The van der Waals surface area contributed by atoms with E-state index in [1.807, 2.05) is 7.11 Å². The molecule has 17 atom stereocenters. The number of methoxy groups -OCH3 is 1. The lowest BCUT2D eigenvalue weighted by atomic mass is 9.91. The van der Waals surface area contributed by atoms with Gasteiger partial charge in [-0.05, 0) is 55.8 Å². The van der Waals surface area contributed by atoms with Crippen LogP contribution in [0, 0.1) is 29.6 Å². The van der Waals surface area contributed by atoms with Gasteiger partial charge in [-0.2, -0.15) is 0 Å². The lowest BCUT2D eigenvalue weighted by Gasteiger charge is -2.44. The van der Waals surface area contributed by atoms with Crippen LogP contribution in [0.2, 0.25) is 0 Å². The standard InChI is InChI=1S/C98H191O17P/c1-6-8-10-12-14-16-18-20-22-24-25-26-27-28-29-30-31-33-39-45-51-57-63-69-75-84(96(106)111-79-88-90(100)92(102)94(104)97(113-88)115-98-95(105)93(103)91(101)89(114-98)80-112-116(107,108)109)86(99)76-70-64-58-52-46-40-35-38-44-50-56-62-68-74-83-78-85(83)81(3)72-66-60-54-48-42-37-34-41-47-53-59-65-71-77-87(110-5)82(4)73-67-61-55-49-43-36-32-23-21-19-17-15-13-11-9-7-2/h81-95,97-105H,6-80H2,1-5H3,(H2,107,108,109)/t81?,82?,83?,84?,85?,86-,87?,88-,89-,90-,91-,92+,93+,94-,95-,97-,98-/m1/s1. The highest BCUT2D eigenvalue weighted by molar-refractivity contribution is 7.46. The van der Waals surface area contributed by atoms with Crippen molar-refractivity contribution in [3.8, 4) is 0 Å². The van der Waals surface area contributed by atoms with E-state index < -0.39 is 100 Å². The average Bonchev–Trinajstić information content (AvgIpc) is 1.12. The molecule has 3 fully saturated rings. The summed E-state index contributed by atoms with van der Waals surface area (Å²) in [5.41, 5.74) is 0. The summed E-state index contributed by atoms with van der Waals surface area (Å²) < 4.78 is 44.3. The first-order valence-electron chi connectivity index (χ1n) is 50.6. The van der Waals surface area contributed by atoms with Crippen molar-refractivity contribution in [2.24, 2.45) is 29.6 Å². The molecule has 9 N–H and O–H groups in total. The molecule has 1 saturated carbocycles. The third-order valence-electron chi connectivity index (χ3n) is 26.9. The van der Waals surface area contributed by atoms with Crippen LogP contribution in [0.3, 0.4) is 0 Å². The molecule has 3 aliphatic rings. The third-order valence-corrected chi connectivity index (χ3v) is 27.4. The minimum absolute atomic E-state index is 0.413. The number of carbonyl (C=O) groups is 1. The van der Waals surface area contributed by atoms with Crippen molar-refractivity contribution < 1.29 is 83.1 Å². The van der Waals surface area contributed by atoms with Gasteiger partial charge in [-0.1, -0.05) is 464 Å². The van der Waals surface area contributed by atoms with Gasteiger partial charge >= 0.3 is 13.8 Å². The highest BCUT2D eigenvalue weighted by atomic mass is 31.2. The summed E-state index contributed by atoms with van der Waals surface area (Å²) in [6.07, 6.45) is 77.2. The Balaban J connectivity index is 1.19. The van der Waals surface area contributed by atoms with Crippen LogP contribution >= 0.6 is 7.82 Å². The Morgan fingerprint density at radius 2 is 0.647 bits per heavy atom. The van der Waals surface area contributed by atoms with E-state index in [1.165, 1.54) is 405 Å². The SMILES string of the molecule is CCCCCCCCCCCCCCCCCCCCCCCCCCC(C(=O)OC[C@H]1O[C@H](O[C@H]2O[C@H](COP(=O)(O)O)[C@@H](O)[C@H](O)[C@H]2O)[C@H](O)[C@@H](O)[C@@H]1O)[C@H](O)CCCCCCCCCCCCCCCC1CC1C(C)CCCCCCCCCCCCCCCC(OC)C(C)CCCCCCCCCCCCCCCCCC. The van der Waals surface area contributed by atoms with Gasteiger partial charge in [-0.25, -0.2) is 4.57 Å². The summed E-state index contributed by atoms with van der Waals surface area (Å²) in [7, 11) is -3.08. The van der Waals surface area contributed by atoms with Crippen LogP contribution in [0.1, 0.15) is 496 Å². The molecule has 0 spiro atoms. The third kappa shape index (κ3) is 56.9. The summed E-state index contributed by atoms with van der Waals surface area (Å²) in [5.74, 6) is 2.07. The van der Waals surface area contributed by atoms with E-state index in [1.54, 1.807) is 0 Å². The van der Waals surface area contributed by atoms with Gasteiger partial charge in [0.05, 0.1) is 24.7 Å². The maximum atomic E-state index is 13.9. The van der Waals surface area contributed by atoms with Gasteiger partial charge in [-0.3, -0.25) is 9.32 Å². The molecule has 6 unspecified atom stereocenters. The van der Waals surface area contributed by atoms with Crippen LogP contribution in [-0.4, -0.2) is 145 Å². The van der Waals surface area contributed by atoms with E-state index in [2.05, 4.69) is 32.2 Å². The molecule has 3 rings (SSSR count). The highest BCUT2D eigenvalue weighted by Crippen LogP contribution is 2.49. The number of carbonyl (C=O) groups excluding carboxylic acids is 1. The molecule has 0 aromatic carbocycles. The number of aliphatic hydroxyl groups is 7. The first-order chi connectivity index (χ1) is 56.4. The molecule has 0 aromatic rings. The van der Waals surface area contributed by atoms with E-state index in [4.69, 9.17) is 23.7 Å². The second-order valence-corrected chi connectivity index (χ2v) is 38.7. The van der Waals surface area contributed by atoms with Crippen LogP contribution in [-0.2, 0) is 37.6 Å². The van der Waals surface area contributed by atoms with E-state index in [0.29, 0.717) is 24.9 Å². The number of phosphoric ester groups is 1. The lowest BCUT2D eigenvalue weighted by Crippen LogP contribution is -2.64. The van der Waals surface area contributed by atoms with E-state index in [0.717, 1.165) is 69.1 Å². The molecule has 690 valence electrons. The van der Waals surface area contributed by atoms with Gasteiger partial charge < -0.3 is 69.2 Å². The minimum atomic E-state index is -5.03. The summed E-state index contributed by atoms with van der Waals surface area (Å²) in [5, 5.41) is 75.8. The van der Waals surface area contributed by atoms with Crippen molar-refractivity contribution in [2.75, 3.05) is 20.3 Å². The molecule has 18 heteroatoms. The highest BCUT2D eigenvalue weighted by Gasteiger charge is 2.51. The molecular weight excluding hydrogens is 1480 g/mol. The number of esters is 1. The Labute approximate surface area is 713 Å². The van der Waals surface area contributed by atoms with Crippen LogP contribution in [0.4, 0.5) is 0 Å². The molecule has 1 aliphatic carbocycles. The molecule has 0 amide bonds. The molecule has 17 nitrogen and oxygen atoms in total. The second kappa shape index (κ2) is 74.4. The average molecular weight is 1670 g/mol. The second-order valence-electron chi connectivity index (χ2n) is 37.5. The number of phosphoric acid groups is 1. The minimum Gasteiger partial charge on any atom is -0.463 e. The topological polar surface area (TPSA) is 272 Å².